The summed E-state index contributed by atoms with van der Waals surface area (Å²) in [6.07, 6.45) is 2.62. The van der Waals surface area contributed by atoms with E-state index in [1.54, 1.807) is 0 Å². The van der Waals surface area contributed by atoms with Gasteiger partial charge in [0.05, 0.1) is 7.11 Å². The molecule has 0 unspecified atom stereocenters. The Morgan fingerprint density at radius 1 is 1.39 bits per heavy atom. The first-order valence-corrected chi connectivity index (χ1v) is 8.30. The topological polar surface area (TPSA) is 84.5 Å². The Labute approximate surface area is 138 Å². The van der Waals surface area contributed by atoms with Gasteiger partial charge in [0.15, 0.2) is 0 Å². The van der Waals surface area contributed by atoms with Crippen LogP contribution in [-0.4, -0.2) is 37.5 Å². The van der Waals surface area contributed by atoms with E-state index in [1.807, 2.05) is 6.92 Å². The molecule has 1 fully saturated rings. The van der Waals surface area contributed by atoms with Gasteiger partial charge in [0.25, 0.3) is 0 Å². The van der Waals surface area contributed by atoms with Crippen molar-refractivity contribution in [1.82, 2.24) is 10.6 Å². The monoisotopic (exact) mass is 326 g/mol. The van der Waals surface area contributed by atoms with E-state index < -0.39 is 12.0 Å². The molecule has 0 spiro atoms. The third kappa shape index (κ3) is 6.59. The Kier molecular flexibility index (Phi) is 7.03. The van der Waals surface area contributed by atoms with Gasteiger partial charge in [-0.05, 0) is 31.1 Å². The van der Waals surface area contributed by atoms with E-state index in [4.69, 9.17) is 4.74 Å². The van der Waals surface area contributed by atoms with Crippen LogP contribution >= 0.6 is 0 Å². The van der Waals surface area contributed by atoms with E-state index in [9.17, 15) is 14.4 Å². The van der Waals surface area contributed by atoms with Gasteiger partial charge in [-0.1, -0.05) is 27.7 Å². The van der Waals surface area contributed by atoms with Crippen molar-refractivity contribution in [2.75, 3.05) is 13.7 Å². The number of hydrogen-bond donors (Lipinski definition) is 2. The molecule has 132 valence electrons. The Morgan fingerprint density at radius 2 is 2.04 bits per heavy atom. The highest BCUT2D eigenvalue weighted by Gasteiger charge is 2.32. The molecule has 0 aromatic rings. The number of nitrogens with one attached hydrogen (secondary N) is 2. The molecular formula is C17H30N2O4. The van der Waals surface area contributed by atoms with Crippen LogP contribution in [0, 0.1) is 17.3 Å². The smallest absolute Gasteiger partial charge is 0.328 e. The molecule has 3 atom stereocenters. The van der Waals surface area contributed by atoms with Gasteiger partial charge in [0, 0.05) is 18.4 Å². The fourth-order valence-corrected chi connectivity index (χ4v) is 3.03. The van der Waals surface area contributed by atoms with E-state index in [0.29, 0.717) is 6.54 Å². The number of amides is 2. The Morgan fingerprint density at radius 3 is 2.57 bits per heavy atom. The molecule has 0 aromatic heterocycles. The molecule has 1 rings (SSSR count). The Balaban J connectivity index is 2.69. The highest BCUT2D eigenvalue weighted by atomic mass is 16.5. The Bertz CT molecular complexity index is 442. The maximum Gasteiger partial charge on any atom is 0.328 e. The third-order valence-corrected chi connectivity index (χ3v) is 4.09. The summed E-state index contributed by atoms with van der Waals surface area (Å²) in [4.78, 5) is 36.2. The zero-order valence-corrected chi connectivity index (χ0v) is 14.9. The second-order valence-corrected chi connectivity index (χ2v) is 7.62. The molecule has 1 aliphatic heterocycles. The molecular weight excluding hydrogens is 296 g/mol. The normalized spacial score (nSPS) is 21.1. The molecule has 1 aliphatic rings. The van der Waals surface area contributed by atoms with Crippen molar-refractivity contribution in [2.45, 2.75) is 59.4 Å². The molecule has 23 heavy (non-hydrogen) atoms. The zero-order chi connectivity index (χ0) is 17.6. The summed E-state index contributed by atoms with van der Waals surface area (Å²) in [7, 11) is 1.29. The number of carbonyl (C=O) groups excluding carboxylic acids is 3. The van der Waals surface area contributed by atoms with Crippen molar-refractivity contribution in [3.63, 3.8) is 0 Å². The minimum Gasteiger partial charge on any atom is -0.467 e. The number of rotatable bonds is 6. The summed E-state index contributed by atoms with van der Waals surface area (Å²) in [6.45, 7) is 8.73. The van der Waals surface area contributed by atoms with Crippen molar-refractivity contribution in [3.05, 3.63) is 0 Å². The minimum atomic E-state index is -0.774. The summed E-state index contributed by atoms with van der Waals surface area (Å²) in [6, 6.07) is -0.774. The highest BCUT2D eigenvalue weighted by molar-refractivity contribution is 5.86. The highest BCUT2D eigenvalue weighted by Crippen LogP contribution is 2.25. The maximum atomic E-state index is 12.4. The largest absolute Gasteiger partial charge is 0.467 e. The predicted molar refractivity (Wildman–Crippen MR) is 87.5 cm³/mol. The van der Waals surface area contributed by atoms with Crippen LogP contribution < -0.4 is 10.6 Å². The van der Waals surface area contributed by atoms with Crippen LogP contribution in [-0.2, 0) is 19.1 Å². The first kappa shape index (κ1) is 19.5. The summed E-state index contributed by atoms with van der Waals surface area (Å²) < 4.78 is 4.79. The average molecular weight is 326 g/mol. The fourth-order valence-electron chi connectivity index (χ4n) is 3.03. The van der Waals surface area contributed by atoms with Crippen molar-refractivity contribution in [1.29, 1.82) is 0 Å². The summed E-state index contributed by atoms with van der Waals surface area (Å²) >= 11 is 0. The van der Waals surface area contributed by atoms with Crippen LogP contribution in [0.15, 0.2) is 0 Å². The molecule has 0 radical (unpaired) electrons. The minimum absolute atomic E-state index is 0.0285. The standard InChI is InChI=1S/C17H30N2O4/c1-11(10-17(2,3)4)14(20)19-13(16(22)23-5)9-12-7-6-8-18-15(12)21/h11-13H,6-10H2,1-5H3,(H,18,21)(H,19,20)/t11-,12-,13-/m0/s1. The van der Waals surface area contributed by atoms with Crippen molar-refractivity contribution in [2.24, 2.45) is 17.3 Å². The SMILES string of the molecule is COC(=O)[C@H](C[C@@H]1CCCNC1=O)NC(=O)[C@@H](C)CC(C)(C)C. The summed E-state index contributed by atoms with van der Waals surface area (Å²) in [5.74, 6) is -1.19. The number of esters is 1. The second-order valence-electron chi connectivity index (χ2n) is 7.62. The lowest BCUT2D eigenvalue weighted by molar-refractivity contribution is -0.146. The number of ether oxygens (including phenoxy) is 1. The molecule has 2 amide bonds. The average Bonchev–Trinajstić information content (AvgIpc) is 2.46. The van der Waals surface area contributed by atoms with Gasteiger partial charge in [-0.15, -0.1) is 0 Å². The van der Waals surface area contributed by atoms with E-state index in [-0.39, 0.29) is 35.5 Å². The summed E-state index contributed by atoms with van der Waals surface area (Å²) in [5, 5.41) is 5.56. The van der Waals surface area contributed by atoms with Gasteiger partial charge in [-0.2, -0.15) is 0 Å². The van der Waals surface area contributed by atoms with Gasteiger partial charge in [0.1, 0.15) is 6.04 Å². The summed E-state index contributed by atoms with van der Waals surface area (Å²) in [5.41, 5.74) is 0.0285. The maximum absolute atomic E-state index is 12.4. The quantitative estimate of drug-likeness (QED) is 0.727. The number of carbonyl (C=O) groups is 3. The first-order valence-electron chi connectivity index (χ1n) is 8.30. The molecule has 2 N–H and O–H groups in total. The van der Waals surface area contributed by atoms with Crippen LogP contribution in [0.2, 0.25) is 0 Å². The van der Waals surface area contributed by atoms with E-state index in [2.05, 4.69) is 31.4 Å². The lowest BCUT2D eigenvalue weighted by Crippen LogP contribution is -2.47. The van der Waals surface area contributed by atoms with Crippen LogP contribution in [0.4, 0.5) is 0 Å². The molecule has 6 heteroatoms. The van der Waals surface area contributed by atoms with Crippen LogP contribution in [0.5, 0.6) is 0 Å². The number of piperidine rings is 1. The van der Waals surface area contributed by atoms with Crippen molar-refractivity contribution >= 4 is 17.8 Å². The van der Waals surface area contributed by atoms with Gasteiger partial charge >= 0.3 is 5.97 Å². The zero-order valence-electron chi connectivity index (χ0n) is 14.9. The van der Waals surface area contributed by atoms with E-state index in [1.165, 1.54) is 7.11 Å². The van der Waals surface area contributed by atoms with Gasteiger partial charge in [-0.3, -0.25) is 9.59 Å². The molecule has 0 aliphatic carbocycles. The molecule has 0 bridgehead atoms. The van der Waals surface area contributed by atoms with Crippen molar-refractivity contribution in [3.8, 4) is 0 Å². The number of hydrogen-bond acceptors (Lipinski definition) is 4. The fraction of sp³-hybridized carbons (Fsp3) is 0.824. The van der Waals surface area contributed by atoms with Gasteiger partial charge in [0.2, 0.25) is 11.8 Å². The van der Waals surface area contributed by atoms with Crippen molar-refractivity contribution < 1.29 is 19.1 Å². The molecule has 1 heterocycles. The van der Waals surface area contributed by atoms with Crippen LogP contribution in [0.3, 0.4) is 0 Å². The van der Waals surface area contributed by atoms with Gasteiger partial charge in [-0.25, -0.2) is 4.79 Å². The van der Waals surface area contributed by atoms with Crippen LogP contribution in [0.1, 0.15) is 53.4 Å². The number of methoxy groups -OCH3 is 1. The van der Waals surface area contributed by atoms with E-state index >= 15 is 0 Å². The third-order valence-electron chi connectivity index (χ3n) is 4.09. The van der Waals surface area contributed by atoms with Crippen LogP contribution in [0.25, 0.3) is 0 Å². The lowest BCUT2D eigenvalue weighted by Gasteiger charge is -2.27. The first-order chi connectivity index (χ1) is 10.6. The molecule has 0 aromatic carbocycles. The Hall–Kier alpha value is -1.59. The molecule has 0 saturated carbocycles. The second kappa shape index (κ2) is 8.31. The predicted octanol–water partition coefficient (Wildman–Crippen LogP) is 1.63. The molecule has 1 saturated heterocycles. The van der Waals surface area contributed by atoms with Gasteiger partial charge < -0.3 is 15.4 Å². The van der Waals surface area contributed by atoms with E-state index in [0.717, 1.165) is 19.3 Å². The lowest BCUT2D eigenvalue weighted by atomic mass is 9.85. The molecule has 6 nitrogen and oxygen atoms in total.